The van der Waals surface area contributed by atoms with Crippen molar-refractivity contribution in [2.24, 2.45) is 11.7 Å². The summed E-state index contributed by atoms with van der Waals surface area (Å²) in [6.07, 6.45) is 6.66. The molecule has 3 atom stereocenters. The monoisotopic (exact) mass is 267 g/mol. The van der Waals surface area contributed by atoms with Gasteiger partial charge in [-0.15, -0.1) is 0 Å². The average Bonchev–Trinajstić information content (AvgIpc) is 2.94. The van der Waals surface area contributed by atoms with Gasteiger partial charge < -0.3 is 15.0 Å². The van der Waals surface area contributed by atoms with E-state index in [0.29, 0.717) is 24.2 Å². The Balaban J connectivity index is 2.10. The molecule has 0 saturated heterocycles. The van der Waals surface area contributed by atoms with Crippen LogP contribution in [0.15, 0.2) is 4.52 Å². The Morgan fingerprint density at radius 2 is 2.21 bits per heavy atom. The van der Waals surface area contributed by atoms with Gasteiger partial charge in [0.2, 0.25) is 11.7 Å². The maximum Gasteiger partial charge on any atom is 0.230 e. The number of hydrogen-bond acceptors (Lipinski definition) is 5. The van der Waals surface area contributed by atoms with Crippen molar-refractivity contribution in [3.63, 3.8) is 0 Å². The van der Waals surface area contributed by atoms with Gasteiger partial charge in [-0.1, -0.05) is 31.3 Å². The zero-order valence-corrected chi connectivity index (χ0v) is 12.0. The lowest BCUT2D eigenvalue weighted by molar-refractivity contribution is 0.0854. The quantitative estimate of drug-likeness (QED) is 0.857. The fourth-order valence-corrected chi connectivity index (χ4v) is 2.96. The Bertz CT molecular complexity index is 381. The Hall–Kier alpha value is -0.940. The van der Waals surface area contributed by atoms with E-state index in [9.17, 15) is 0 Å². The number of nitrogens with zero attached hydrogens (tertiary/aromatic N) is 2. The molecule has 1 aromatic rings. The first-order valence-corrected chi connectivity index (χ1v) is 7.36. The lowest BCUT2D eigenvalue weighted by Crippen LogP contribution is -2.25. The van der Waals surface area contributed by atoms with Gasteiger partial charge in [0.15, 0.2) is 0 Å². The molecule has 5 heteroatoms. The highest BCUT2D eigenvalue weighted by atomic mass is 16.5. The molecule has 2 N–H and O–H groups in total. The van der Waals surface area contributed by atoms with Crippen LogP contribution in [-0.4, -0.2) is 23.8 Å². The van der Waals surface area contributed by atoms with Gasteiger partial charge in [0.1, 0.15) is 6.10 Å². The predicted molar refractivity (Wildman–Crippen MR) is 72.7 cm³/mol. The standard InChI is InChI=1S/C14H25N3O2/c1-3-6-12(18-2)13-16-14(19-17-13)11-8-5-4-7-10(11)9-15/h10-12H,3-9,15H2,1-2H3. The van der Waals surface area contributed by atoms with Gasteiger partial charge in [0.05, 0.1) is 0 Å². The fraction of sp³-hybridized carbons (Fsp3) is 0.857. The molecule has 19 heavy (non-hydrogen) atoms. The molecule has 1 aliphatic carbocycles. The average molecular weight is 267 g/mol. The third-order valence-corrected chi connectivity index (χ3v) is 4.11. The van der Waals surface area contributed by atoms with E-state index in [1.54, 1.807) is 7.11 Å². The van der Waals surface area contributed by atoms with Gasteiger partial charge >= 0.3 is 0 Å². The Labute approximate surface area is 114 Å². The van der Waals surface area contributed by atoms with E-state index in [4.69, 9.17) is 15.0 Å². The van der Waals surface area contributed by atoms with Crippen LogP contribution in [0.3, 0.4) is 0 Å². The second-order valence-corrected chi connectivity index (χ2v) is 5.39. The number of ether oxygens (including phenoxy) is 1. The molecular formula is C14H25N3O2. The maximum atomic E-state index is 5.86. The largest absolute Gasteiger partial charge is 0.373 e. The number of hydrogen-bond donors (Lipinski definition) is 1. The molecule has 1 aromatic heterocycles. The van der Waals surface area contributed by atoms with Crippen molar-refractivity contribution in [3.05, 3.63) is 11.7 Å². The summed E-state index contributed by atoms with van der Waals surface area (Å²) in [5.74, 6) is 2.25. The molecule has 0 aliphatic heterocycles. The van der Waals surface area contributed by atoms with Crippen molar-refractivity contribution >= 4 is 0 Å². The number of rotatable bonds is 6. The molecule has 2 rings (SSSR count). The van der Waals surface area contributed by atoms with Crippen molar-refractivity contribution < 1.29 is 9.26 Å². The van der Waals surface area contributed by atoms with E-state index in [2.05, 4.69) is 17.1 Å². The second kappa shape index (κ2) is 7.01. The molecule has 1 heterocycles. The summed E-state index contributed by atoms with van der Waals surface area (Å²) < 4.78 is 10.9. The second-order valence-electron chi connectivity index (χ2n) is 5.39. The smallest absolute Gasteiger partial charge is 0.230 e. The van der Waals surface area contributed by atoms with Gasteiger partial charge in [-0.25, -0.2) is 0 Å². The molecule has 108 valence electrons. The summed E-state index contributed by atoms with van der Waals surface area (Å²) >= 11 is 0. The highest BCUT2D eigenvalue weighted by molar-refractivity contribution is 5.00. The van der Waals surface area contributed by atoms with Gasteiger partial charge in [-0.3, -0.25) is 0 Å². The van der Waals surface area contributed by atoms with E-state index >= 15 is 0 Å². The summed E-state index contributed by atoms with van der Waals surface area (Å²) in [5, 5.41) is 4.10. The number of nitrogens with two attached hydrogens (primary N) is 1. The van der Waals surface area contributed by atoms with Gasteiger partial charge in [0.25, 0.3) is 0 Å². The zero-order chi connectivity index (χ0) is 13.7. The lowest BCUT2D eigenvalue weighted by atomic mass is 9.79. The first kappa shape index (κ1) is 14.5. The van der Waals surface area contributed by atoms with Gasteiger partial charge in [-0.2, -0.15) is 4.98 Å². The number of methoxy groups -OCH3 is 1. The summed E-state index contributed by atoms with van der Waals surface area (Å²) in [6, 6.07) is 0. The van der Waals surface area contributed by atoms with Crippen LogP contribution in [0.1, 0.15) is 69.2 Å². The molecule has 0 amide bonds. The minimum atomic E-state index is -0.0533. The highest BCUT2D eigenvalue weighted by Crippen LogP contribution is 2.36. The van der Waals surface area contributed by atoms with Crippen molar-refractivity contribution in [1.82, 2.24) is 10.1 Å². The van der Waals surface area contributed by atoms with E-state index in [-0.39, 0.29) is 6.10 Å². The van der Waals surface area contributed by atoms with Crippen LogP contribution in [0.2, 0.25) is 0 Å². The highest BCUT2D eigenvalue weighted by Gasteiger charge is 2.30. The Morgan fingerprint density at radius 1 is 1.42 bits per heavy atom. The lowest BCUT2D eigenvalue weighted by Gasteiger charge is -2.27. The fourth-order valence-electron chi connectivity index (χ4n) is 2.96. The van der Waals surface area contributed by atoms with E-state index in [1.807, 2.05) is 0 Å². The van der Waals surface area contributed by atoms with Crippen LogP contribution in [0.5, 0.6) is 0 Å². The molecular weight excluding hydrogens is 242 g/mol. The van der Waals surface area contributed by atoms with Crippen LogP contribution >= 0.6 is 0 Å². The van der Waals surface area contributed by atoms with Crippen molar-refractivity contribution in [3.8, 4) is 0 Å². The maximum absolute atomic E-state index is 5.86. The zero-order valence-electron chi connectivity index (χ0n) is 12.0. The molecule has 0 spiro atoms. The molecule has 3 unspecified atom stereocenters. The van der Waals surface area contributed by atoms with E-state index in [1.165, 1.54) is 19.3 Å². The topological polar surface area (TPSA) is 74.2 Å². The molecule has 0 aromatic carbocycles. The van der Waals surface area contributed by atoms with Crippen molar-refractivity contribution in [2.75, 3.05) is 13.7 Å². The van der Waals surface area contributed by atoms with Crippen LogP contribution in [0.4, 0.5) is 0 Å². The van der Waals surface area contributed by atoms with Crippen LogP contribution in [-0.2, 0) is 4.74 Å². The molecule has 1 saturated carbocycles. The van der Waals surface area contributed by atoms with Crippen LogP contribution < -0.4 is 5.73 Å². The number of aromatic nitrogens is 2. The minimum Gasteiger partial charge on any atom is -0.373 e. The SMILES string of the molecule is CCCC(OC)c1noc(C2CCCCC2CN)n1. The Morgan fingerprint density at radius 3 is 2.89 bits per heavy atom. The molecule has 1 aliphatic rings. The van der Waals surface area contributed by atoms with E-state index in [0.717, 1.165) is 25.2 Å². The minimum absolute atomic E-state index is 0.0533. The molecule has 1 fully saturated rings. The normalized spacial score (nSPS) is 25.4. The molecule has 5 nitrogen and oxygen atoms in total. The summed E-state index contributed by atoms with van der Waals surface area (Å²) in [5.41, 5.74) is 5.86. The third kappa shape index (κ3) is 3.34. The molecule has 0 radical (unpaired) electrons. The summed E-state index contributed by atoms with van der Waals surface area (Å²) in [4.78, 5) is 4.56. The third-order valence-electron chi connectivity index (χ3n) is 4.11. The first-order chi connectivity index (χ1) is 9.30. The predicted octanol–water partition coefficient (Wildman–Crippen LogP) is 2.79. The van der Waals surface area contributed by atoms with Crippen molar-refractivity contribution in [2.45, 2.75) is 57.5 Å². The Kier molecular flexibility index (Phi) is 5.34. The molecule has 0 bridgehead atoms. The van der Waals surface area contributed by atoms with E-state index < -0.39 is 0 Å². The summed E-state index contributed by atoms with van der Waals surface area (Å²) in [6.45, 7) is 2.82. The van der Waals surface area contributed by atoms with Gasteiger partial charge in [-0.05, 0) is 31.7 Å². The first-order valence-electron chi connectivity index (χ1n) is 7.36. The van der Waals surface area contributed by atoms with Crippen molar-refractivity contribution in [1.29, 1.82) is 0 Å². The van der Waals surface area contributed by atoms with Gasteiger partial charge in [0, 0.05) is 13.0 Å². The van der Waals surface area contributed by atoms with Crippen LogP contribution in [0, 0.1) is 5.92 Å². The van der Waals surface area contributed by atoms with Crippen LogP contribution in [0.25, 0.3) is 0 Å². The summed E-state index contributed by atoms with van der Waals surface area (Å²) in [7, 11) is 1.69.